The van der Waals surface area contributed by atoms with Crippen LogP contribution in [0, 0.1) is 45.4 Å². The topological polar surface area (TPSA) is 17.1 Å². The van der Waals surface area contributed by atoms with Crippen molar-refractivity contribution < 1.29 is 4.79 Å². The van der Waals surface area contributed by atoms with Gasteiger partial charge in [0.1, 0.15) is 0 Å². The van der Waals surface area contributed by atoms with Crippen LogP contribution in [0.3, 0.4) is 0 Å². The Morgan fingerprint density at radius 1 is 0.741 bits per heavy atom. The van der Waals surface area contributed by atoms with E-state index in [0.29, 0.717) is 23.5 Å². The molecule has 27 heavy (non-hydrogen) atoms. The van der Waals surface area contributed by atoms with E-state index in [2.05, 4.69) is 64.1 Å². The molecule has 3 aliphatic rings. The first-order valence-corrected chi connectivity index (χ1v) is 10.2. The Hall–Kier alpha value is -2.41. The van der Waals surface area contributed by atoms with Crippen LogP contribution < -0.4 is 0 Å². The van der Waals surface area contributed by atoms with Crippen molar-refractivity contribution in [2.75, 3.05) is 0 Å². The summed E-state index contributed by atoms with van der Waals surface area (Å²) in [7, 11) is 0. The molecule has 3 aliphatic carbocycles. The zero-order chi connectivity index (χ0) is 18.6. The molecule has 3 aromatic carbocycles. The number of ketones is 1. The van der Waals surface area contributed by atoms with Crippen molar-refractivity contribution in [1.82, 2.24) is 0 Å². The summed E-state index contributed by atoms with van der Waals surface area (Å²) in [6, 6.07) is 9.15. The second-order valence-electron chi connectivity index (χ2n) is 9.16. The molecule has 0 aliphatic heterocycles. The zero-order valence-electron chi connectivity index (χ0n) is 16.4. The predicted molar refractivity (Wildman–Crippen MR) is 112 cm³/mol. The molecule has 0 radical (unpaired) electrons. The molecule has 0 spiro atoms. The van der Waals surface area contributed by atoms with Gasteiger partial charge in [0.25, 0.3) is 0 Å². The first-order valence-electron chi connectivity index (χ1n) is 10.2. The summed E-state index contributed by atoms with van der Waals surface area (Å²) in [5.41, 5.74) is 7.57. The summed E-state index contributed by atoms with van der Waals surface area (Å²) in [5.74, 6) is 1.95. The Morgan fingerprint density at radius 3 is 1.96 bits per heavy atom. The van der Waals surface area contributed by atoms with E-state index >= 15 is 0 Å². The molecule has 1 nitrogen and oxygen atoms in total. The van der Waals surface area contributed by atoms with Crippen LogP contribution in [-0.2, 0) is 0 Å². The SMILES string of the molecule is Cc1cc(C)c2c(c1)c1c(c3cc(C)cc(C)c32)[C@@H]2[C@H](C1=O)[C@H]1C=C[C@@H]2C1. The zero-order valence-corrected chi connectivity index (χ0v) is 16.4. The van der Waals surface area contributed by atoms with Crippen molar-refractivity contribution in [1.29, 1.82) is 0 Å². The number of carbonyl (C=O) groups is 1. The number of allylic oxidation sites excluding steroid dienone is 2. The quantitative estimate of drug-likeness (QED) is 0.341. The summed E-state index contributed by atoms with van der Waals surface area (Å²) in [6.07, 6.45) is 5.86. The number of hydrogen-bond acceptors (Lipinski definition) is 1. The Morgan fingerprint density at radius 2 is 1.30 bits per heavy atom. The van der Waals surface area contributed by atoms with Crippen molar-refractivity contribution >= 4 is 27.3 Å². The average Bonchev–Trinajstić information content (AvgIpc) is 3.27. The summed E-state index contributed by atoms with van der Waals surface area (Å²) < 4.78 is 0. The molecule has 134 valence electrons. The van der Waals surface area contributed by atoms with Crippen molar-refractivity contribution in [2.24, 2.45) is 17.8 Å². The number of benzene rings is 3. The molecule has 0 saturated heterocycles. The lowest BCUT2D eigenvalue weighted by Gasteiger charge is -2.22. The summed E-state index contributed by atoms with van der Waals surface area (Å²) >= 11 is 0. The smallest absolute Gasteiger partial charge is 0.168 e. The third-order valence-corrected chi connectivity index (χ3v) is 7.38. The molecule has 0 N–H and O–H groups in total. The molecule has 2 bridgehead atoms. The highest BCUT2D eigenvalue weighted by Gasteiger charge is 2.54. The maximum absolute atomic E-state index is 13.7. The molecule has 1 heteroatoms. The van der Waals surface area contributed by atoms with Gasteiger partial charge in [0.2, 0.25) is 0 Å². The van der Waals surface area contributed by atoms with Gasteiger partial charge in [-0.25, -0.2) is 0 Å². The van der Waals surface area contributed by atoms with Gasteiger partial charge in [-0.3, -0.25) is 4.79 Å². The maximum Gasteiger partial charge on any atom is 0.168 e. The van der Waals surface area contributed by atoms with E-state index in [1.165, 1.54) is 49.4 Å². The van der Waals surface area contributed by atoms with Crippen LogP contribution in [0.15, 0.2) is 36.4 Å². The van der Waals surface area contributed by atoms with Crippen molar-refractivity contribution in [3.8, 4) is 0 Å². The standard InChI is InChI=1S/C26H24O/c1-12-7-14(3)20-18(9-12)24-22-16-5-6-17(11-16)23(22)26(27)25(24)19-10-13(2)8-15(4)21(19)20/h5-10,16-17,22-23H,11H2,1-4H3/t16-,17+,22+,23-/m1/s1. The number of Topliss-reactive ketones (excluding diaryl/α,β-unsaturated/α-hetero) is 1. The summed E-state index contributed by atoms with van der Waals surface area (Å²) in [5, 5.41) is 5.19. The predicted octanol–water partition coefficient (Wildman–Crippen LogP) is 6.33. The molecule has 0 aromatic heterocycles. The highest BCUT2D eigenvalue weighted by atomic mass is 16.1. The minimum Gasteiger partial charge on any atom is -0.294 e. The number of hydrogen-bond donors (Lipinski definition) is 0. The lowest BCUT2D eigenvalue weighted by molar-refractivity contribution is 0.0912. The number of carbonyl (C=O) groups excluding carboxylic acids is 1. The Balaban J connectivity index is 1.88. The largest absolute Gasteiger partial charge is 0.294 e. The van der Waals surface area contributed by atoms with Gasteiger partial charge in [-0.1, -0.05) is 47.5 Å². The third-order valence-electron chi connectivity index (χ3n) is 7.38. The van der Waals surface area contributed by atoms with Gasteiger partial charge in [-0.15, -0.1) is 0 Å². The Kier molecular flexibility index (Phi) is 2.83. The van der Waals surface area contributed by atoms with Crippen molar-refractivity contribution in [3.63, 3.8) is 0 Å². The molecule has 3 aromatic rings. The minimum absolute atomic E-state index is 0.172. The molecule has 0 unspecified atom stereocenters. The van der Waals surface area contributed by atoms with Crippen LogP contribution in [0.25, 0.3) is 21.5 Å². The average molecular weight is 352 g/mol. The van der Waals surface area contributed by atoms with Crippen molar-refractivity contribution in [2.45, 2.75) is 40.0 Å². The molecular formula is C26H24O. The first kappa shape index (κ1) is 15.6. The fourth-order valence-corrected chi connectivity index (χ4v) is 6.64. The molecule has 0 amide bonds. The lowest BCUT2D eigenvalue weighted by atomic mass is 9.80. The van der Waals surface area contributed by atoms with Gasteiger partial charge in [0.15, 0.2) is 5.78 Å². The van der Waals surface area contributed by atoms with Gasteiger partial charge in [-0.2, -0.15) is 0 Å². The van der Waals surface area contributed by atoms with Gasteiger partial charge in [0.05, 0.1) is 0 Å². The second kappa shape index (κ2) is 4.90. The number of aryl methyl sites for hydroxylation is 4. The van der Waals surface area contributed by atoms with E-state index in [9.17, 15) is 4.79 Å². The molecule has 1 fully saturated rings. The van der Waals surface area contributed by atoms with E-state index in [1.807, 2.05) is 0 Å². The summed E-state index contributed by atoms with van der Waals surface area (Å²) in [4.78, 5) is 13.7. The Bertz CT molecular complexity index is 1230. The molecule has 0 heterocycles. The molecule has 1 saturated carbocycles. The molecular weight excluding hydrogens is 328 g/mol. The van der Waals surface area contributed by atoms with E-state index in [1.54, 1.807) is 0 Å². The fraction of sp³-hybridized carbons (Fsp3) is 0.346. The minimum atomic E-state index is 0.172. The Labute approximate surface area is 160 Å². The second-order valence-corrected chi connectivity index (χ2v) is 9.16. The van der Waals surface area contributed by atoms with Crippen LogP contribution >= 0.6 is 0 Å². The van der Waals surface area contributed by atoms with Gasteiger partial charge >= 0.3 is 0 Å². The van der Waals surface area contributed by atoms with E-state index in [-0.39, 0.29) is 5.92 Å². The first-order chi connectivity index (χ1) is 13.0. The normalized spacial score (nSPS) is 27.8. The number of fused-ring (bicyclic) bond motifs is 12. The molecule has 6 rings (SSSR count). The van der Waals surface area contributed by atoms with Crippen LogP contribution in [0.1, 0.15) is 50.5 Å². The van der Waals surface area contributed by atoms with Crippen LogP contribution in [0.4, 0.5) is 0 Å². The van der Waals surface area contributed by atoms with Gasteiger partial charge in [-0.05, 0) is 84.2 Å². The van der Waals surface area contributed by atoms with Gasteiger partial charge in [0, 0.05) is 17.4 Å². The lowest BCUT2D eigenvalue weighted by Crippen LogP contribution is -2.18. The maximum atomic E-state index is 13.7. The number of rotatable bonds is 0. The monoisotopic (exact) mass is 352 g/mol. The molecule has 4 atom stereocenters. The fourth-order valence-electron chi connectivity index (χ4n) is 6.64. The van der Waals surface area contributed by atoms with Crippen molar-refractivity contribution in [3.05, 3.63) is 69.8 Å². The third kappa shape index (κ3) is 1.78. The highest BCUT2D eigenvalue weighted by molar-refractivity contribution is 6.24. The summed E-state index contributed by atoms with van der Waals surface area (Å²) in [6.45, 7) is 8.76. The van der Waals surface area contributed by atoms with Crippen LogP contribution in [0.5, 0.6) is 0 Å². The van der Waals surface area contributed by atoms with E-state index in [0.717, 1.165) is 12.0 Å². The highest BCUT2D eigenvalue weighted by Crippen LogP contribution is 2.61. The van der Waals surface area contributed by atoms with Crippen LogP contribution in [0.2, 0.25) is 0 Å². The van der Waals surface area contributed by atoms with Crippen LogP contribution in [-0.4, -0.2) is 5.78 Å². The van der Waals surface area contributed by atoms with E-state index < -0.39 is 0 Å². The van der Waals surface area contributed by atoms with E-state index in [4.69, 9.17) is 0 Å². The van der Waals surface area contributed by atoms with Gasteiger partial charge < -0.3 is 0 Å².